The van der Waals surface area contributed by atoms with Gasteiger partial charge < -0.3 is 15.0 Å². The van der Waals surface area contributed by atoms with Crippen molar-refractivity contribution >= 4 is 17.3 Å². The zero-order valence-corrected chi connectivity index (χ0v) is 12.9. The molecule has 0 spiro atoms. The van der Waals surface area contributed by atoms with Crippen LogP contribution in [0.25, 0.3) is 0 Å². The summed E-state index contributed by atoms with van der Waals surface area (Å²) in [4.78, 5) is 24.9. The van der Waals surface area contributed by atoms with E-state index in [1.807, 2.05) is 18.7 Å². The van der Waals surface area contributed by atoms with E-state index in [1.54, 1.807) is 12.1 Å². The van der Waals surface area contributed by atoms with Crippen molar-refractivity contribution in [2.75, 3.05) is 31.2 Å². The molecule has 0 saturated carbocycles. The Balaban J connectivity index is 2.26. The van der Waals surface area contributed by atoms with E-state index in [1.165, 1.54) is 6.07 Å². The fourth-order valence-electron chi connectivity index (χ4n) is 2.29. The van der Waals surface area contributed by atoms with Crippen molar-refractivity contribution in [3.63, 3.8) is 0 Å². The lowest BCUT2D eigenvalue weighted by molar-refractivity contribution is -0.384. The van der Waals surface area contributed by atoms with Gasteiger partial charge in [0.1, 0.15) is 5.69 Å². The van der Waals surface area contributed by atoms with Crippen molar-refractivity contribution in [2.24, 2.45) is 0 Å². The van der Waals surface area contributed by atoms with E-state index in [0.29, 0.717) is 37.6 Å². The monoisotopic (exact) mass is 307 g/mol. The molecule has 2 rings (SSSR count). The molecule has 1 fully saturated rings. The van der Waals surface area contributed by atoms with Crippen LogP contribution >= 0.6 is 0 Å². The summed E-state index contributed by atoms with van der Waals surface area (Å²) in [5.41, 5.74) is 0.802. The summed E-state index contributed by atoms with van der Waals surface area (Å²) in [6, 6.07) is 4.66. The molecule has 7 heteroatoms. The molecule has 7 nitrogen and oxygen atoms in total. The Morgan fingerprint density at radius 2 is 2.14 bits per heavy atom. The van der Waals surface area contributed by atoms with Gasteiger partial charge in [-0.1, -0.05) is 6.92 Å². The van der Waals surface area contributed by atoms with E-state index >= 15 is 0 Å². The number of benzene rings is 1. The predicted octanol–water partition coefficient (Wildman–Crippen LogP) is 1.96. The van der Waals surface area contributed by atoms with Crippen molar-refractivity contribution in [1.82, 2.24) is 5.32 Å². The summed E-state index contributed by atoms with van der Waals surface area (Å²) in [7, 11) is 0. The molecule has 1 N–H and O–H groups in total. The number of hydrogen-bond acceptors (Lipinski definition) is 5. The molecule has 1 heterocycles. The molecule has 0 radical (unpaired) electrons. The third-order valence-corrected chi connectivity index (χ3v) is 3.78. The normalized spacial score (nSPS) is 16.2. The number of carbonyl (C=O) groups is 1. The lowest BCUT2D eigenvalue weighted by atomic mass is 10.1. The third-order valence-electron chi connectivity index (χ3n) is 3.78. The van der Waals surface area contributed by atoms with E-state index in [2.05, 4.69) is 5.32 Å². The van der Waals surface area contributed by atoms with E-state index < -0.39 is 4.92 Å². The molecule has 1 aliphatic rings. The van der Waals surface area contributed by atoms with Crippen LogP contribution in [-0.2, 0) is 4.74 Å². The highest BCUT2D eigenvalue weighted by molar-refractivity contribution is 5.96. The van der Waals surface area contributed by atoms with E-state index in [9.17, 15) is 14.9 Å². The van der Waals surface area contributed by atoms with Gasteiger partial charge in [-0.3, -0.25) is 14.9 Å². The van der Waals surface area contributed by atoms with Gasteiger partial charge in [-0.25, -0.2) is 0 Å². The molecule has 120 valence electrons. The molecule has 1 atom stereocenters. The summed E-state index contributed by atoms with van der Waals surface area (Å²) in [6.45, 7) is 6.18. The van der Waals surface area contributed by atoms with Crippen molar-refractivity contribution in [3.05, 3.63) is 33.9 Å². The topological polar surface area (TPSA) is 84.7 Å². The van der Waals surface area contributed by atoms with Crippen molar-refractivity contribution in [3.8, 4) is 0 Å². The molecule has 1 amide bonds. The SMILES string of the molecule is CC[C@H](C)NC(=O)c1ccc(N2CCOCC2)c([N+](=O)[O-])c1. The Kier molecular flexibility index (Phi) is 5.32. The minimum atomic E-state index is -0.440. The first-order valence-corrected chi connectivity index (χ1v) is 7.45. The van der Waals surface area contributed by atoms with Crippen molar-refractivity contribution in [1.29, 1.82) is 0 Å². The van der Waals surface area contributed by atoms with Crippen LogP contribution in [0.1, 0.15) is 30.6 Å². The zero-order valence-electron chi connectivity index (χ0n) is 12.9. The number of rotatable bonds is 5. The minimum absolute atomic E-state index is 0.0328. The Morgan fingerprint density at radius 1 is 1.45 bits per heavy atom. The van der Waals surface area contributed by atoms with Gasteiger partial charge in [0.25, 0.3) is 11.6 Å². The largest absolute Gasteiger partial charge is 0.378 e. The van der Waals surface area contributed by atoms with Gasteiger partial charge in [-0.15, -0.1) is 0 Å². The van der Waals surface area contributed by atoms with Crippen LogP contribution in [0.4, 0.5) is 11.4 Å². The highest BCUT2D eigenvalue weighted by atomic mass is 16.6. The summed E-state index contributed by atoms with van der Waals surface area (Å²) in [6.07, 6.45) is 0.805. The predicted molar refractivity (Wildman–Crippen MR) is 83.3 cm³/mol. The molecule has 1 aliphatic heterocycles. The Labute approximate surface area is 129 Å². The molecular weight excluding hydrogens is 286 g/mol. The maximum absolute atomic E-state index is 12.1. The maximum atomic E-state index is 12.1. The van der Waals surface area contributed by atoms with Crippen LogP contribution in [0.3, 0.4) is 0 Å². The lowest BCUT2D eigenvalue weighted by Gasteiger charge is -2.28. The number of carbonyl (C=O) groups excluding carboxylic acids is 1. The summed E-state index contributed by atoms with van der Waals surface area (Å²) >= 11 is 0. The fourth-order valence-corrected chi connectivity index (χ4v) is 2.29. The highest BCUT2D eigenvalue weighted by Gasteiger charge is 2.23. The number of ether oxygens (including phenoxy) is 1. The van der Waals surface area contributed by atoms with Crippen molar-refractivity contribution in [2.45, 2.75) is 26.3 Å². The average molecular weight is 307 g/mol. The molecular formula is C15H21N3O4. The van der Waals surface area contributed by atoms with Crippen LogP contribution in [-0.4, -0.2) is 43.2 Å². The Hall–Kier alpha value is -2.15. The smallest absolute Gasteiger partial charge is 0.293 e. The summed E-state index contributed by atoms with van der Waals surface area (Å²) < 4.78 is 5.26. The first-order valence-electron chi connectivity index (χ1n) is 7.45. The maximum Gasteiger partial charge on any atom is 0.293 e. The number of nitrogens with one attached hydrogen (secondary N) is 1. The van der Waals surface area contributed by atoms with Crippen LogP contribution in [0.15, 0.2) is 18.2 Å². The first kappa shape index (κ1) is 16.2. The number of hydrogen-bond donors (Lipinski definition) is 1. The van der Waals surface area contributed by atoms with Crippen molar-refractivity contribution < 1.29 is 14.5 Å². The molecule has 22 heavy (non-hydrogen) atoms. The van der Waals surface area contributed by atoms with Gasteiger partial charge in [0, 0.05) is 30.8 Å². The zero-order chi connectivity index (χ0) is 16.1. The highest BCUT2D eigenvalue weighted by Crippen LogP contribution is 2.29. The van der Waals surface area contributed by atoms with Gasteiger partial charge in [0.05, 0.1) is 18.1 Å². The Morgan fingerprint density at radius 3 is 2.73 bits per heavy atom. The molecule has 0 aliphatic carbocycles. The fraction of sp³-hybridized carbons (Fsp3) is 0.533. The van der Waals surface area contributed by atoms with Crippen LogP contribution in [0, 0.1) is 10.1 Å². The van der Waals surface area contributed by atoms with Gasteiger partial charge in [0.15, 0.2) is 0 Å². The number of morpholine rings is 1. The van der Waals surface area contributed by atoms with E-state index in [4.69, 9.17) is 4.74 Å². The second-order valence-corrected chi connectivity index (χ2v) is 5.34. The molecule has 1 saturated heterocycles. The average Bonchev–Trinajstić information content (AvgIpc) is 2.54. The molecule has 1 aromatic carbocycles. The number of nitrogens with zero attached hydrogens (tertiary/aromatic N) is 2. The molecule has 1 aromatic rings. The minimum Gasteiger partial charge on any atom is -0.378 e. The van der Waals surface area contributed by atoms with Gasteiger partial charge in [-0.2, -0.15) is 0 Å². The number of amides is 1. The quantitative estimate of drug-likeness (QED) is 0.664. The second kappa shape index (κ2) is 7.22. The standard InChI is InChI=1S/C15H21N3O4/c1-3-11(2)16-15(19)12-4-5-13(14(10-12)18(20)21)17-6-8-22-9-7-17/h4-5,10-11H,3,6-9H2,1-2H3,(H,16,19)/t11-/m0/s1. The Bertz CT molecular complexity index is 556. The lowest BCUT2D eigenvalue weighted by Crippen LogP contribution is -2.36. The molecule has 0 bridgehead atoms. The van der Waals surface area contributed by atoms with E-state index in [-0.39, 0.29) is 17.6 Å². The number of nitro groups is 1. The van der Waals surface area contributed by atoms with Crippen LogP contribution < -0.4 is 10.2 Å². The van der Waals surface area contributed by atoms with Gasteiger partial charge >= 0.3 is 0 Å². The third kappa shape index (κ3) is 3.73. The second-order valence-electron chi connectivity index (χ2n) is 5.34. The van der Waals surface area contributed by atoms with Gasteiger partial charge in [-0.05, 0) is 25.5 Å². The first-order chi connectivity index (χ1) is 10.5. The van der Waals surface area contributed by atoms with E-state index in [0.717, 1.165) is 6.42 Å². The van der Waals surface area contributed by atoms with Crippen LogP contribution in [0.5, 0.6) is 0 Å². The van der Waals surface area contributed by atoms with Crippen LogP contribution in [0.2, 0.25) is 0 Å². The molecule has 0 unspecified atom stereocenters. The number of anilines is 1. The van der Waals surface area contributed by atoms with Gasteiger partial charge in [0.2, 0.25) is 0 Å². The molecule has 0 aromatic heterocycles. The number of nitro benzene ring substituents is 1. The summed E-state index contributed by atoms with van der Waals surface area (Å²) in [5.74, 6) is -0.286. The summed E-state index contributed by atoms with van der Waals surface area (Å²) in [5, 5.41) is 14.1.